The van der Waals surface area contributed by atoms with Crippen LogP contribution in [0.2, 0.25) is 0 Å². The van der Waals surface area contributed by atoms with Crippen LogP contribution < -0.4 is 10.1 Å². The van der Waals surface area contributed by atoms with E-state index in [0.29, 0.717) is 48.9 Å². The number of aryl methyl sites for hydroxylation is 1. The number of hydrogen-bond acceptors (Lipinski definition) is 6. The van der Waals surface area contributed by atoms with E-state index < -0.39 is 0 Å². The van der Waals surface area contributed by atoms with Crippen LogP contribution in [-0.2, 0) is 23.7 Å². The SMILES string of the molecule is CCOC(=O)N1CCN(Cc2cccc3cc(C(=O)Nc4cc(C(C)(C)C)cc(C#N)c4OC)n(C)c23)CC1. The third-order valence-electron chi connectivity index (χ3n) is 7.19. The number of anilines is 1. The van der Waals surface area contributed by atoms with Crippen molar-refractivity contribution in [3.63, 3.8) is 0 Å². The number of amides is 2. The van der Waals surface area contributed by atoms with Crippen LogP contribution in [-0.4, -0.2) is 66.3 Å². The van der Waals surface area contributed by atoms with E-state index in [1.54, 1.807) is 4.90 Å². The van der Waals surface area contributed by atoms with Crippen LogP contribution in [0, 0.1) is 11.3 Å². The van der Waals surface area contributed by atoms with Crippen molar-refractivity contribution in [1.29, 1.82) is 5.26 Å². The Morgan fingerprint density at radius 3 is 2.44 bits per heavy atom. The lowest BCUT2D eigenvalue weighted by atomic mass is 9.85. The first kappa shape index (κ1) is 28.0. The Balaban J connectivity index is 1.59. The van der Waals surface area contributed by atoms with Gasteiger partial charge in [0.1, 0.15) is 11.8 Å². The minimum atomic E-state index is -0.282. The molecule has 0 saturated carbocycles. The molecule has 9 nitrogen and oxygen atoms in total. The topological polar surface area (TPSA) is 99.8 Å². The zero-order valence-electron chi connectivity index (χ0n) is 23.6. The highest BCUT2D eigenvalue weighted by atomic mass is 16.6. The quantitative estimate of drug-likeness (QED) is 0.487. The number of benzene rings is 2. The molecule has 1 saturated heterocycles. The number of ether oxygens (including phenoxy) is 2. The van der Waals surface area contributed by atoms with E-state index in [4.69, 9.17) is 9.47 Å². The molecule has 1 fully saturated rings. The maximum atomic E-state index is 13.6. The average Bonchev–Trinajstić information content (AvgIpc) is 3.25. The lowest BCUT2D eigenvalue weighted by Gasteiger charge is -2.34. The van der Waals surface area contributed by atoms with Gasteiger partial charge in [0.05, 0.1) is 30.5 Å². The number of rotatable bonds is 6. The number of nitrogens with one attached hydrogen (secondary N) is 1. The number of nitriles is 1. The third-order valence-corrected chi connectivity index (χ3v) is 7.19. The van der Waals surface area contributed by atoms with Gasteiger partial charge in [-0.2, -0.15) is 5.26 Å². The zero-order chi connectivity index (χ0) is 28.3. The van der Waals surface area contributed by atoms with Crippen LogP contribution >= 0.6 is 0 Å². The summed E-state index contributed by atoms with van der Waals surface area (Å²) in [6.07, 6.45) is -0.260. The van der Waals surface area contributed by atoms with E-state index >= 15 is 0 Å². The largest absolute Gasteiger partial charge is 0.493 e. The minimum Gasteiger partial charge on any atom is -0.493 e. The zero-order valence-corrected chi connectivity index (χ0v) is 23.6. The first-order chi connectivity index (χ1) is 18.6. The monoisotopic (exact) mass is 531 g/mol. The van der Waals surface area contributed by atoms with Gasteiger partial charge < -0.3 is 24.3 Å². The predicted octanol–water partition coefficient (Wildman–Crippen LogP) is 4.88. The summed E-state index contributed by atoms with van der Waals surface area (Å²) in [6.45, 7) is 11.8. The molecule has 1 aliphatic heterocycles. The molecule has 0 radical (unpaired) electrons. The molecule has 0 unspecified atom stereocenters. The normalized spacial score (nSPS) is 14.2. The summed E-state index contributed by atoms with van der Waals surface area (Å²) in [5, 5.41) is 13.7. The molecule has 0 aliphatic carbocycles. The Bertz CT molecular complexity index is 1420. The lowest BCUT2D eigenvalue weighted by molar-refractivity contribution is 0.0779. The molecule has 2 heterocycles. The van der Waals surface area contributed by atoms with E-state index in [-0.39, 0.29) is 17.4 Å². The number of piperazine rings is 1. The number of carbonyl (C=O) groups excluding carboxylic acids is 2. The molecule has 9 heteroatoms. The van der Waals surface area contributed by atoms with E-state index in [1.807, 2.05) is 48.9 Å². The molecule has 206 valence electrons. The van der Waals surface area contributed by atoms with Crippen molar-refractivity contribution < 1.29 is 19.1 Å². The maximum Gasteiger partial charge on any atom is 0.409 e. The Morgan fingerprint density at radius 2 is 1.82 bits per heavy atom. The Labute approximate surface area is 229 Å². The highest BCUT2D eigenvalue weighted by molar-refractivity contribution is 6.07. The van der Waals surface area contributed by atoms with Gasteiger partial charge in [0, 0.05) is 45.2 Å². The summed E-state index contributed by atoms with van der Waals surface area (Å²) >= 11 is 0. The Morgan fingerprint density at radius 1 is 1.10 bits per heavy atom. The molecule has 0 bridgehead atoms. The van der Waals surface area contributed by atoms with Crippen LogP contribution in [0.5, 0.6) is 5.75 Å². The highest BCUT2D eigenvalue weighted by Crippen LogP contribution is 2.35. The number of aromatic nitrogens is 1. The van der Waals surface area contributed by atoms with Crippen molar-refractivity contribution in [2.45, 2.75) is 39.7 Å². The summed E-state index contributed by atoms with van der Waals surface area (Å²) < 4.78 is 12.6. The molecular formula is C30H37N5O4. The van der Waals surface area contributed by atoms with Crippen molar-refractivity contribution in [2.24, 2.45) is 7.05 Å². The van der Waals surface area contributed by atoms with Gasteiger partial charge in [0.25, 0.3) is 5.91 Å². The summed E-state index contributed by atoms with van der Waals surface area (Å²) in [7, 11) is 3.39. The summed E-state index contributed by atoms with van der Waals surface area (Å²) in [5.74, 6) is 0.0659. The van der Waals surface area contributed by atoms with Gasteiger partial charge in [-0.1, -0.05) is 39.0 Å². The first-order valence-corrected chi connectivity index (χ1v) is 13.2. The standard InChI is InChI=1S/C30H37N5O4/c1-7-39-29(37)35-13-11-34(12-14-35)19-21-10-8-9-20-16-25(33(5)26(20)21)28(36)32-24-17-23(30(2,3)4)15-22(18-31)27(24)38-6/h8-10,15-17H,7,11-14,19H2,1-6H3,(H,32,36). The molecule has 2 amide bonds. The number of nitrogens with zero attached hydrogens (tertiary/aromatic N) is 4. The van der Waals surface area contributed by atoms with Crippen molar-refractivity contribution >= 4 is 28.6 Å². The van der Waals surface area contributed by atoms with Crippen LogP contribution in [0.15, 0.2) is 36.4 Å². The fourth-order valence-corrected chi connectivity index (χ4v) is 5.03. The second-order valence-corrected chi connectivity index (χ2v) is 10.8. The molecule has 1 N–H and O–H groups in total. The first-order valence-electron chi connectivity index (χ1n) is 13.2. The van der Waals surface area contributed by atoms with Gasteiger partial charge in [0.15, 0.2) is 5.75 Å². The van der Waals surface area contributed by atoms with Crippen LogP contribution in [0.4, 0.5) is 10.5 Å². The summed E-state index contributed by atoms with van der Waals surface area (Å²) in [4.78, 5) is 29.7. The van der Waals surface area contributed by atoms with Crippen molar-refractivity contribution in [3.05, 3.63) is 58.8 Å². The molecule has 2 aromatic carbocycles. The second-order valence-electron chi connectivity index (χ2n) is 10.8. The molecule has 0 atom stereocenters. The van der Waals surface area contributed by atoms with E-state index in [2.05, 4.69) is 43.1 Å². The van der Waals surface area contributed by atoms with Crippen LogP contribution in [0.25, 0.3) is 10.9 Å². The van der Waals surface area contributed by atoms with Gasteiger partial charge in [0.2, 0.25) is 0 Å². The molecule has 1 aliphatic rings. The summed E-state index contributed by atoms with van der Waals surface area (Å²) in [6, 6.07) is 13.9. The smallest absolute Gasteiger partial charge is 0.409 e. The minimum absolute atomic E-state index is 0.215. The van der Waals surface area contributed by atoms with E-state index in [9.17, 15) is 14.9 Å². The molecule has 4 rings (SSSR count). The van der Waals surface area contributed by atoms with Gasteiger partial charge in [-0.15, -0.1) is 0 Å². The Kier molecular flexibility index (Phi) is 8.17. The molecule has 1 aromatic heterocycles. The van der Waals surface area contributed by atoms with Gasteiger partial charge in [-0.25, -0.2) is 4.79 Å². The number of methoxy groups -OCH3 is 1. The summed E-state index contributed by atoms with van der Waals surface area (Å²) in [5.41, 5.74) is 4.16. The number of hydrogen-bond donors (Lipinski definition) is 1. The van der Waals surface area contributed by atoms with Crippen LogP contribution in [0.3, 0.4) is 0 Å². The second kappa shape index (κ2) is 11.4. The fraction of sp³-hybridized carbons (Fsp3) is 0.433. The maximum absolute atomic E-state index is 13.6. The highest BCUT2D eigenvalue weighted by Gasteiger charge is 2.25. The van der Waals surface area contributed by atoms with E-state index in [0.717, 1.165) is 35.1 Å². The van der Waals surface area contributed by atoms with Crippen molar-refractivity contribution in [1.82, 2.24) is 14.4 Å². The third kappa shape index (κ3) is 5.86. The fourth-order valence-electron chi connectivity index (χ4n) is 5.03. The van der Waals surface area contributed by atoms with Gasteiger partial charge in [-0.3, -0.25) is 9.69 Å². The van der Waals surface area contributed by atoms with Crippen LogP contribution in [0.1, 0.15) is 54.9 Å². The van der Waals surface area contributed by atoms with E-state index in [1.165, 1.54) is 7.11 Å². The predicted molar refractivity (Wildman–Crippen MR) is 151 cm³/mol. The van der Waals surface area contributed by atoms with Gasteiger partial charge in [-0.05, 0) is 41.7 Å². The molecular weight excluding hydrogens is 494 g/mol. The average molecular weight is 532 g/mol. The van der Waals surface area contributed by atoms with Gasteiger partial charge >= 0.3 is 6.09 Å². The number of fused-ring (bicyclic) bond motifs is 1. The van der Waals surface area contributed by atoms with Crippen molar-refractivity contribution in [2.75, 3.05) is 45.2 Å². The molecule has 3 aromatic rings. The molecule has 39 heavy (non-hydrogen) atoms. The number of carbonyl (C=O) groups is 2. The van der Waals surface area contributed by atoms with Crippen molar-refractivity contribution in [3.8, 4) is 11.8 Å². The molecule has 0 spiro atoms. The lowest BCUT2D eigenvalue weighted by Crippen LogP contribution is -2.48. The number of para-hydroxylation sites is 1. The Hall–Kier alpha value is -4.03.